The van der Waals surface area contributed by atoms with Gasteiger partial charge in [-0.1, -0.05) is 20.8 Å². The van der Waals surface area contributed by atoms with E-state index in [-0.39, 0.29) is 35.1 Å². The third kappa shape index (κ3) is 3.24. The molecule has 5 heteroatoms. The van der Waals surface area contributed by atoms with Crippen molar-refractivity contribution in [3.8, 4) is 0 Å². The summed E-state index contributed by atoms with van der Waals surface area (Å²) in [5.74, 6) is 0.224. The molecular weight excluding hydrogens is 280 g/mol. The number of nitrogens with one attached hydrogen (secondary N) is 1. The summed E-state index contributed by atoms with van der Waals surface area (Å²) >= 11 is 0. The maximum atomic E-state index is 12.4. The van der Waals surface area contributed by atoms with Crippen LogP contribution in [0.2, 0.25) is 0 Å². The maximum absolute atomic E-state index is 12.4. The second kappa shape index (κ2) is 6.65. The van der Waals surface area contributed by atoms with Gasteiger partial charge in [-0.3, -0.25) is 9.59 Å². The van der Waals surface area contributed by atoms with Gasteiger partial charge < -0.3 is 15.0 Å². The average molecular weight is 306 g/mol. The van der Waals surface area contributed by atoms with Gasteiger partial charge >= 0.3 is 0 Å². The van der Waals surface area contributed by atoms with Gasteiger partial charge in [0.1, 0.15) is 5.56 Å². The molecule has 0 bridgehead atoms. The lowest BCUT2D eigenvalue weighted by atomic mass is 9.76. The number of pyridine rings is 1. The summed E-state index contributed by atoms with van der Waals surface area (Å²) in [6, 6.07) is 3.48. The summed E-state index contributed by atoms with van der Waals surface area (Å²) in [6.45, 7) is 6.04. The van der Waals surface area contributed by atoms with E-state index in [1.54, 1.807) is 17.7 Å². The van der Waals surface area contributed by atoms with Crippen LogP contribution in [-0.2, 0) is 7.05 Å². The van der Waals surface area contributed by atoms with E-state index < -0.39 is 0 Å². The molecule has 0 aromatic carbocycles. The zero-order valence-corrected chi connectivity index (χ0v) is 13.8. The Balaban J connectivity index is 2.16. The number of nitrogens with zero attached hydrogens (tertiary/aromatic N) is 1. The molecule has 5 nitrogen and oxygen atoms in total. The Kier molecular flexibility index (Phi) is 5.06. The average Bonchev–Trinajstić information content (AvgIpc) is 2.43. The van der Waals surface area contributed by atoms with Gasteiger partial charge in [0.05, 0.1) is 6.10 Å². The lowest BCUT2D eigenvalue weighted by Crippen LogP contribution is -2.47. The first kappa shape index (κ1) is 16.7. The Labute approximate surface area is 131 Å². The summed E-state index contributed by atoms with van der Waals surface area (Å²) in [5, 5.41) is 12.4. The van der Waals surface area contributed by atoms with Crippen LogP contribution >= 0.6 is 0 Å². The molecule has 122 valence electrons. The third-order valence-corrected chi connectivity index (χ3v) is 4.65. The van der Waals surface area contributed by atoms with Crippen molar-refractivity contribution in [2.24, 2.45) is 13.0 Å². The fourth-order valence-electron chi connectivity index (χ4n) is 3.16. The maximum Gasteiger partial charge on any atom is 0.263 e. The van der Waals surface area contributed by atoms with Crippen LogP contribution in [-0.4, -0.2) is 27.7 Å². The second-order valence-corrected chi connectivity index (χ2v) is 6.56. The van der Waals surface area contributed by atoms with Crippen molar-refractivity contribution >= 4 is 5.91 Å². The fourth-order valence-corrected chi connectivity index (χ4v) is 3.16. The first-order valence-corrected chi connectivity index (χ1v) is 8.04. The van der Waals surface area contributed by atoms with E-state index in [9.17, 15) is 14.7 Å². The largest absolute Gasteiger partial charge is 0.393 e. The van der Waals surface area contributed by atoms with Crippen LogP contribution in [0.4, 0.5) is 0 Å². The topological polar surface area (TPSA) is 71.3 Å². The predicted molar refractivity (Wildman–Crippen MR) is 86.0 cm³/mol. The van der Waals surface area contributed by atoms with Crippen molar-refractivity contribution in [2.75, 3.05) is 0 Å². The molecule has 0 aliphatic heterocycles. The van der Waals surface area contributed by atoms with Crippen LogP contribution < -0.4 is 10.9 Å². The normalized spacial score (nSPS) is 22.3. The number of aromatic nitrogens is 1. The number of aliphatic hydroxyl groups excluding tert-OH is 1. The molecule has 2 N–H and O–H groups in total. The van der Waals surface area contributed by atoms with Crippen LogP contribution in [0, 0.1) is 5.92 Å². The molecule has 1 fully saturated rings. The van der Waals surface area contributed by atoms with Crippen LogP contribution in [0.25, 0.3) is 0 Å². The van der Waals surface area contributed by atoms with Crippen LogP contribution in [0.3, 0.4) is 0 Å². The molecule has 1 amide bonds. The standard InChI is InChI=1S/C17H26N2O3/c1-5-14(11-8-12(20)9-11)18-16(21)13-6-7-15(10(2)3)19(4)17(13)22/h6-7,10-12,14,20H,5,8-9H2,1-4H3,(H,18,21). The summed E-state index contributed by atoms with van der Waals surface area (Å²) in [6.07, 6.45) is 2.01. The number of carbonyl (C=O) groups is 1. The van der Waals surface area contributed by atoms with E-state index >= 15 is 0 Å². The molecular formula is C17H26N2O3. The van der Waals surface area contributed by atoms with Gasteiger partial charge in [-0.25, -0.2) is 0 Å². The van der Waals surface area contributed by atoms with Crippen molar-refractivity contribution in [3.63, 3.8) is 0 Å². The predicted octanol–water partition coefficient (Wildman–Crippen LogP) is 1.79. The third-order valence-electron chi connectivity index (χ3n) is 4.65. The van der Waals surface area contributed by atoms with Gasteiger partial charge in [-0.05, 0) is 43.2 Å². The number of amides is 1. The van der Waals surface area contributed by atoms with Crippen LogP contribution in [0.15, 0.2) is 16.9 Å². The summed E-state index contributed by atoms with van der Waals surface area (Å²) in [7, 11) is 1.70. The van der Waals surface area contributed by atoms with Crippen molar-refractivity contribution < 1.29 is 9.90 Å². The molecule has 1 aliphatic rings. The molecule has 1 aromatic heterocycles. The highest BCUT2D eigenvalue weighted by Crippen LogP contribution is 2.31. The minimum atomic E-state index is -0.316. The molecule has 0 radical (unpaired) electrons. The van der Waals surface area contributed by atoms with Gasteiger partial charge in [0.25, 0.3) is 11.5 Å². The fraction of sp³-hybridized carbons (Fsp3) is 0.647. The Bertz CT molecular complexity index is 600. The minimum absolute atomic E-state index is 0.0189. The van der Waals surface area contributed by atoms with Crippen molar-refractivity contribution in [1.82, 2.24) is 9.88 Å². The lowest BCUT2D eigenvalue weighted by molar-refractivity contribution is 0.0232. The SMILES string of the molecule is CCC(NC(=O)c1ccc(C(C)C)n(C)c1=O)C1CC(O)C1. The number of rotatable bonds is 5. The Morgan fingerprint density at radius 1 is 1.41 bits per heavy atom. The highest BCUT2D eigenvalue weighted by Gasteiger charge is 2.34. The molecule has 2 rings (SSSR count). The van der Waals surface area contributed by atoms with Crippen molar-refractivity contribution in [1.29, 1.82) is 0 Å². The van der Waals surface area contributed by atoms with Gasteiger partial charge in [-0.2, -0.15) is 0 Å². The molecule has 1 aromatic rings. The van der Waals surface area contributed by atoms with Crippen LogP contribution in [0.5, 0.6) is 0 Å². The number of hydrogen-bond donors (Lipinski definition) is 2. The molecule has 0 spiro atoms. The molecule has 22 heavy (non-hydrogen) atoms. The van der Waals surface area contributed by atoms with E-state index in [1.807, 2.05) is 26.8 Å². The van der Waals surface area contributed by atoms with E-state index in [0.717, 1.165) is 25.0 Å². The molecule has 1 atom stereocenters. The number of carbonyl (C=O) groups excluding carboxylic acids is 1. The minimum Gasteiger partial charge on any atom is -0.393 e. The molecule has 0 saturated heterocycles. The first-order chi connectivity index (χ1) is 10.3. The quantitative estimate of drug-likeness (QED) is 0.871. The van der Waals surface area contributed by atoms with Crippen molar-refractivity contribution in [2.45, 2.75) is 58.1 Å². The monoisotopic (exact) mass is 306 g/mol. The highest BCUT2D eigenvalue weighted by atomic mass is 16.3. The number of aliphatic hydroxyl groups is 1. The Morgan fingerprint density at radius 2 is 2.05 bits per heavy atom. The van der Waals surface area contributed by atoms with Gasteiger partial charge in [0.2, 0.25) is 0 Å². The molecule has 1 heterocycles. The Hall–Kier alpha value is -1.62. The zero-order chi connectivity index (χ0) is 16.4. The molecule has 1 aliphatic carbocycles. The smallest absolute Gasteiger partial charge is 0.263 e. The summed E-state index contributed by atoms with van der Waals surface area (Å²) in [4.78, 5) is 24.8. The Morgan fingerprint density at radius 3 is 2.55 bits per heavy atom. The summed E-state index contributed by atoms with van der Waals surface area (Å²) < 4.78 is 1.55. The zero-order valence-electron chi connectivity index (χ0n) is 13.8. The van der Waals surface area contributed by atoms with Crippen LogP contribution in [0.1, 0.15) is 62.0 Å². The van der Waals surface area contributed by atoms with E-state index in [2.05, 4.69) is 5.32 Å². The van der Waals surface area contributed by atoms with E-state index in [4.69, 9.17) is 0 Å². The molecule has 1 unspecified atom stereocenters. The second-order valence-electron chi connectivity index (χ2n) is 6.56. The van der Waals surface area contributed by atoms with E-state index in [1.165, 1.54) is 0 Å². The van der Waals surface area contributed by atoms with Gasteiger partial charge in [0, 0.05) is 18.8 Å². The van der Waals surface area contributed by atoms with Gasteiger partial charge in [0.15, 0.2) is 0 Å². The van der Waals surface area contributed by atoms with Crippen molar-refractivity contribution in [3.05, 3.63) is 33.7 Å². The highest BCUT2D eigenvalue weighted by molar-refractivity contribution is 5.94. The molecule has 1 saturated carbocycles. The number of hydrogen-bond acceptors (Lipinski definition) is 3. The van der Waals surface area contributed by atoms with Gasteiger partial charge in [-0.15, -0.1) is 0 Å². The van der Waals surface area contributed by atoms with E-state index in [0.29, 0.717) is 5.92 Å². The lowest BCUT2D eigenvalue weighted by Gasteiger charge is -2.37. The summed E-state index contributed by atoms with van der Waals surface area (Å²) in [5.41, 5.74) is 0.841. The first-order valence-electron chi connectivity index (χ1n) is 8.04.